The average molecular weight is 169 g/mol. The molecule has 1 aliphatic heterocycles. The van der Waals surface area contributed by atoms with E-state index in [2.05, 4.69) is 5.32 Å². The number of methoxy groups -OCH3 is 1. The van der Waals surface area contributed by atoms with E-state index in [0.717, 1.165) is 5.76 Å². The summed E-state index contributed by atoms with van der Waals surface area (Å²) in [5.41, 5.74) is 0. The van der Waals surface area contributed by atoms with Crippen LogP contribution in [-0.2, 0) is 9.47 Å². The maximum atomic E-state index is 5.42. The summed E-state index contributed by atoms with van der Waals surface area (Å²) < 4.78 is 10.5. The lowest BCUT2D eigenvalue weighted by atomic mass is 10.2. The molecule has 0 aliphatic carbocycles. The van der Waals surface area contributed by atoms with Crippen LogP contribution < -0.4 is 5.32 Å². The monoisotopic (exact) mass is 169 g/mol. The molecule has 1 aliphatic rings. The molecule has 0 bridgehead atoms. The molecule has 68 valence electrons. The predicted molar refractivity (Wildman–Crippen MR) is 47.6 cm³/mol. The van der Waals surface area contributed by atoms with Crippen molar-refractivity contribution in [3.63, 3.8) is 0 Å². The molecule has 1 atom stereocenters. The van der Waals surface area contributed by atoms with Gasteiger partial charge in [0.15, 0.2) is 0 Å². The second kappa shape index (κ2) is 4.83. The Morgan fingerprint density at radius 1 is 1.58 bits per heavy atom. The summed E-state index contributed by atoms with van der Waals surface area (Å²) in [5.74, 6) is 0.946. The van der Waals surface area contributed by atoms with Crippen LogP contribution in [0.15, 0.2) is 24.1 Å². The van der Waals surface area contributed by atoms with E-state index in [4.69, 9.17) is 9.47 Å². The molecule has 0 amide bonds. The standard InChI is InChI=1S/C9H15NO2/c1-3-12-9-5-4-6-10-8(9)7-11-2/h4-6,8,10H,3,7H2,1-2H3. The van der Waals surface area contributed by atoms with Crippen molar-refractivity contribution >= 4 is 0 Å². The second-order valence-electron chi connectivity index (χ2n) is 2.54. The maximum absolute atomic E-state index is 5.42. The molecule has 3 nitrogen and oxygen atoms in total. The van der Waals surface area contributed by atoms with Crippen LogP contribution in [0.3, 0.4) is 0 Å². The van der Waals surface area contributed by atoms with Crippen LogP contribution in [0.25, 0.3) is 0 Å². The van der Waals surface area contributed by atoms with Gasteiger partial charge in [-0.2, -0.15) is 0 Å². The van der Waals surface area contributed by atoms with Crippen LogP contribution in [0, 0.1) is 0 Å². The maximum Gasteiger partial charge on any atom is 0.121 e. The Kier molecular flexibility index (Phi) is 3.67. The fourth-order valence-corrected chi connectivity index (χ4v) is 1.13. The largest absolute Gasteiger partial charge is 0.496 e. The molecular weight excluding hydrogens is 154 g/mol. The van der Waals surface area contributed by atoms with Gasteiger partial charge in [-0.05, 0) is 25.3 Å². The predicted octanol–water partition coefficient (Wildman–Crippen LogP) is 1.04. The van der Waals surface area contributed by atoms with Crippen LogP contribution >= 0.6 is 0 Å². The molecule has 0 saturated heterocycles. The molecule has 0 saturated carbocycles. The van der Waals surface area contributed by atoms with Gasteiger partial charge in [0.2, 0.25) is 0 Å². The highest BCUT2D eigenvalue weighted by Gasteiger charge is 2.14. The van der Waals surface area contributed by atoms with E-state index in [9.17, 15) is 0 Å². The fourth-order valence-electron chi connectivity index (χ4n) is 1.13. The zero-order valence-electron chi connectivity index (χ0n) is 7.54. The third-order valence-corrected chi connectivity index (χ3v) is 1.64. The Hall–Kier alpha value is -0.960. The second-order valence-corrected chi connectivity index (χ2v) is 2.54. The third-order valence-electron chi connectivity index (χ3n) is 1.64. The van der Waals surface area contributed by atoms with Crippen LogP contribution in [0.4, 0.5) is 0 Å². The molecule has 0 fully saturated rings. The number of dihydropyridines is 1. The summed E-state index contributed by atoms with van der Waals surface area (Å²) in [7, 11) is 1.68. The lowest BCUT2D eigenvalue weighted by molar-refractivity contribution is 0.136. The molecule has 1 unspecified atom stereocenters. The highest BCUT2D eigenvalue weighted by atomic mass is 16.5. The smallest absolute Gasteiger partial charge is 0.121 e. The van der Waals surface area contributed by atoms with Gasteiger partial charge in [-0.15, -0.1) is 0 Å². The summed E-state index contributed by atoms with van der Waals surface area (Å²) in [5, 5.41) is 3.16. The van der Waals surface area contributed by atoms with E-state index in [1.54, 1.807) is 7.11 Å². The van der Waals surface area contributed by atoms with Crippen LogP contribution in [0.1, 0.15) is 6.92 Å². The van der Waals surface area contributed by atoms with Gasteiger partial charge in [0.25, 0.3) is 0 Å². The van der Waals surface area contributed by atoms with Crippen molar-refractivity contribution in [3.8, 4) is 0 Å². The number of nitrogens with one attached hydrogen (secondary N) is 1. The molecule has 0 spiro atoms. The van der Waals surface area contributed by atoms with Gasteiger partial charge in [0, 0.05) is 7.11 Å². The number of hydrogen-bond acceptors (Lipinski definition) is 3. The summed E-state index contributed by atoms with van der Waals surface area (Å²) in [6, 6.07) is 0.167. The van der Waals surface area contributed by atoms with E-state index >= 15 is 0 Å². The first-order valence-corrected chi connectivity index (χ1v) is 4.13. The van der Waals surface area contributed by atoms with E-state index in [0.29, 0.717) is 13.2 Å². The van der Waals surface area contributed by atoms with Gasteiger partial charge in [-0.25, -0.2) is 0 Å². The molecule has 1 rings (SSSR count). The number of rotatable bonds is 4. The van der Waals surface area contributed by atoms with Crippen molar-refractivity contribution in [2.24, 2.45) is 0 Å². The minimum atomic E-state index is 0.167. The number of ether oxygens (including phenoxy) is 2. The Morgan fingerprint density at radius 2 is 2.42 bits per heavy atom. The van der Waals surface area contributed by atoms with Crippen molar-refractivity contribution in [1.29, 1.82) is 0 Å². The molecule has 12 heavy (non-hydrogen) atoms. The first kappa shape index (κ1) is 9.13. The number of hydrogen-bond donors (Lipinski definition) is 1. The Morgan fingerprint density at radius 3 is 3.08 bits per heavy atom. The van der Waals surface area contributed by atoms with Gasteiger partial charge in [-0.1, -0.05) is 0 Å². The van der Waals surface area contributed by atoms with E-state index in [1.807, 2.05) is 25.3 Å². The molecule has 0 aromatic heterocycles. The van der Waals surface area contributed by atoms with E-state index in [1.165, 1.54) is 0 Å². The quantitative estimate of drug-likeness (QED) is 0.682. The van der Waals surface area contributed by atoms with Crippen molar-refractivity contribution in [3.05, 3.63) is 24.1 Å². The van der Waals surface area contributed by atoms with Crippen molar-refractivity contribution < 1.29 is 9.47 Å². The third kappa shape index (κ3) is 2.27. The van der Waals surface area contributed by atoms with Gasteiger partial charge in [-0.3, -0.25) is 0 Å². The van der Waals surface area contributed by atoms with Crippen molar-refractivity contribution in [2.45, 2.75) is 13.0 Å². The topological polar surface area (TPSA) is 30.5 Å². The van der Waals surface area contributed by atoms with Crippen molar-refractivity contribution in [2.75, 3.05) is 20.3 Å². The van der Waals surface area contributed by atoms with Crippen molar-refractivity contribution in [1.82, 2.24) is 5.32 Å². The fraction of sp³-hybridized carbons (Fsp3) is 0.556. The van der Waals surface area contributed by atoms with E-state index in [-0.39, 0.29) is 6.04 Å². The molecule has 1 N–H and O–H groups in total. The summed E-state index contributed by atoms with van der Waals surface area (Å²) >= 11 is 0. The van der Waals surface area contributed by atoms with Gasteiger partial charge in [0.1, 0.15) is 11.8 Å². The zero-order valence-corrected chi connectivity index (χ0v) is 7.54. The molecule has 1 heterocycles. The summed E-state index contributed by atoms with van der Waals surface area (Å²) in [6.45, 7) is 3.31. The van der Waals surface area contributed by atoms with Gasteiger partial charge in [0.05, 0.1) is 13.2 Å². The Bertz CT molecular complexity index is 187. The average Bonchev–Trinajstić information content (AvgIpc) is 2.09. The molecule has 0 radical (unpaired) electrons. The first-order valence-electron chi connectivity index (χ1n) is 4.13. The SMILES string of the molecule is CCOC1=CC=CNC1COC. The highest BCUT2D eigenvalue weighted by molar-refractivity contribution is 5.18. The zero-order chi connectivity index (χ0) is 8.81. The summed E-state index contributed by atoms with van der Waals surface area (Å²) in [4.78, 5) is 0. The van der Waals surface area contributed by atoms with Gasteiger partial charge < -0.3 is 14.8 Å². The van der Waals surface area contributed by atoms with Crippen LogP contribution in [0.2, 0.25) is 0 Å². The molecule has 0 aromatic carbocycles. The lowest BCUT2D eigenvalue weighted by Gasteiger charge is -2.22. The highest BCUT2D eigenvalue weighted by Crippen LogP contribution is 2.08. The summed E-state index contributed by atoms with van der Waals surface area (Å²) in [6.07, 6.45) is 5.78. The lowest BCUT2D eigenvalue weighted by Crippen LogP contribution is -2.33. The van der Waals surface area contributed by atoms with E-state index < -0.39 is 0 Å². The normalized spacial score (nSPS) is 21.5. The number of allylic oxidation sites excluding steroid dienone is 2. The minimum absolute atomic E-state index is 0.167. The Balaban J connectivity index is 2.50. The minimum Gasteiger partial charge on any atom is -0.496 e. The molecule has 3 heteroatoms. The van der Waals surface area contributed by atoms with Gasteiger partial charge >= 0.3 is 0 Å². The van der Waals surface area contributed by atoms with Crippen LogP contribution in [-0.4, -0.2) is 26.4 Å². The molecule has 0 aromatic rings. The Labute approximate surface area is 73.1 Å². The first-order chi connectivity index (χ1) is 5.88. The van der Waals surface area contributed by atoms with Crippen LogP contribution in [0.5, 0.6) is 0 Å². The molecular formula is C9H15NO2.